The smallest absolute Gasteiger partial charge is 0.130 e. The highest BCUT2D eigenvalue weighted by Crippen LogP contribution is 2.42. The SMILES string of the molecule is Cc1nc(CN)cc(N[C@@H]2C[C@H]2c2ccccc2)n1. The van der Waals surface area contributed by atoms with Crippen molar-refractivity contribution in [3.05, 3.63) is 53.5 Å². The Balaban J connectivity index is 1.69. The second kappa shape index (κ2) is 4.97. The number of nitrogens with one attached hydrogen (secondary N) is 1. The zero-order chi connectivity index (χ0) is 13.2. The molecule has 0 saturated heterocycles. The van der Waals surface area contributed by atoms with Crippen molar-refractivity contribution < 1.29 is 0 Å². The van der Waals surface area contributed by atoms with Gasteiger partial charge in [-0.05, 0) is 18.9 Å². The van der Waals surface area contributed by atoms with Crippen LogP contribution in [0.2, 0.25) is 0 Å². The van der Waals surface area contributed by atoms with Crippen molar-refractivity contribution in [1.82, 2.24) is 9.97 Å². The maximum atomic E-state index is 5.63. The molecule has 1 saturated carbocycles. The molecule has 1 aliphatic rings. The molecule has 3 rings (SSSR count). The Kier molecular flexibility index (Phi) is 3.17. The lowest BCUT2D eigenvalue weighted by molar-refractivity contribution is 0.917. The van der Waals surface area contributed by atoms with Gasteiger partial charge >= 0.3 is 0 Å². The molecule has 1 aromatic heterocycles. The van der Waals surface area contributed by atoms with Crippen molar-refractivity contribution >= 4 is 5.82 Å². The summed E-state index contributed by atoms with van der Waals surface area (Å²) in [6.45, 7) is 2.34. The van der Waals surface area contributed by atoms with Crippen molar-refractivity contribution in [3.8, 4) is 0 Å². The van der Waals surface area contributed by atoms with E-state index >= 15 is 0 Å². The molecule has 19 heavy (non-hydrogen) atoms. The number of aryl methyl sites for hydroxylation is 1. The van der Waals surface area contributed by atoms with Gasteiger partial charge in [-0.3, -0.25) is 0 Å². The number of hydrogen-bond donors (Lipinski definition) is 2. The van der Waals surface area contributed by atoms with E-state index in [1.165, 1.54) is 5.56 Å². The monoisotopic (exact) mass is 254 g/mol. The first-order valence-electron chi connectivity index (χ1n) is 6.62. The van der Waals surface area contributed by atoms with Gasteiger partial charge in [0.05, 0.1) is 5.69 Å². The molecule has 1 aromatic carbocycles. The van der Waals surface area contributed by atoms with E-state index in [9.17, 15) is 0 Å². The highest BCUT2D eigenvalue weighted by molar-refractivity contribution is 5.42. The summed E-state index contributed by atoms with van der Waals surface area (Å²) in [4.78, 5) is 8.69. The van der Waals surface area contributed by atoms with Crippen LogP contribution < -0.4 is 11.1 Å². The van der Waals surface area contributed by atoms with Crippen LogP contribution in [-0.4, -0.2) is 16.0 Å². The third-order valence-electron chi connectivity index (χ3n) is 3.45. The normalized spacial score (nSPS) is 21.2. The van der Waals surface area contributed by atoms with E-state index in [4.69, 9.17) is 5.73 Å². The summed E-state index contributed by atoms with van der Waals surface area (Å²) in [5, 5.41) is 3.47. The van der Waals surface area contributed by atoms with Gasteiger partial charge in [-0.15, -0.1) is 0 Å². The molecule has 3 N–H and O–H groups in total. The summed E-state index contributed by atoms with van der Waals surface area (Å²) in [7, 11) is 0. The average Bonchev–Trinajstić information content (AvgIpc) is 3.18. The fourth-order valence-electron chi connectivity index (χ4n) is 2.42. The Morgan fingerprint density at radius 3 is 2.79 bits per heavy atom. The second-order valence-electron chi connectivity index (χ2n) is 5.00. The molecule has 0 aliphatic heterocycles. The summed E-state index contributed by atoms with van der Waals surface area (Å²) in [6.07, 6.45) is 1.16. The van der Waals surface area contributed by atoms with Crippen molar-refractivity contribution in [2.45, 2.75) is 31.8 Å². The van der Waals surface area contributed by atoms with Gasteiger partial charge in [0.25, 0.3) is 0 Å². The van der Waals surface area contributed by atoms with Gasteiger partial charge in [-0.1, -0.05) is 30.3 Å². The third-order valence-corrected chi connectivity index (χ3v) is 3.45. The molecular formula is C15H18N4. The number of nitrogens with two attached hydrogens (primary N) is 1. The zero-order valence-corrected chi connectivity index (χ0v) is 11.0. The quantitative estimate of drug-likeness (QED) is 0.878. The Hall–Kier alpha value is -1.94. The topological polar surface area (TPSA) is 63.8 Å². The first-order chi connectivity index (χ1) is 9.26. The minimum atomic E-state index is 0.449. The number of rotatable bonds is 4. The Morgan fingerprint density at radius 2 is 2.05 bits per heavy atom. The highest BCUT2D eigenvalue weighted by Gasteiger charge is 2.38. The van der Waals surface area contributed by atoms with Crippen LogP contribution in [0.15, 0.2) is 36.4 Å². The van der Waals surface area contributed by atoms with Crippen LogP contribution in [0, 0.1) is 6.92 Å². The molecule has 1 aliphatic carbocycles. The summed E-state index contributed by atoms with van der Waals surface area (Å²) >= 11 is 0. The lowest BCUT2D eigenvalue weighted by Gasteiger charge is -2.07. The Morgan fingerprint density at radius 1 is 1.26 bits per heavy atom. The van der Waals surface area contributed by atoms with Crippen LogP contribution in [0.1, 0.15) is 29.4 Å². The third kappa shape index (κ3) is 2.74. The number of nitrogens with zero attached hydrogens (tertiary/aromatic N) is 2. The van der Waals surface area contributed by atoms with Gasteiger partial charge in [-0.25, -0.2) is 9.97 Å². The van der Waals surface area contributed by atoms with Crippen LogP contribution in [0.5, 0.6) is 0 Å². The second-order valence-corrected chi connectivity index (χ2v) is 5.00. The van der Waals surface area contributed by atoms with E-state index in [-0.39, 0.29) is 0 Å². The van der Waals surface area contributed by atoms with E-state index in [0.717, 1.165) is 23.8 Å². The minimum Gasteiger partial charge on any atom is -0.367 e. The fraction of sp³-hybridized carbons (Fsp3) is 0.333. The summed E-state index contributed by atoms with van der Waals surface area (Å²) in [5.41, 5.74) is 7.91. The highest BCUT2D eigenvalue weighted by atomic mass is 15.1. The number of benzene rings is 1. The van der Waals surface area contributed by atoms with Crippen LogP contribution >= 0.6 is 0 Å². The maximum absolute atomic E-state index is 5.63. The van der Waals surface area contributed by atoms with Crippen LogP contribution in [0.25, 0.3) is 0 Å². The van der Waals surface area contributed by atoms with E-state index < -0.39 is 0 Å². The number of hydrogen-bond acceptors (Lipinski definition) is 4. The first kappa shape index (κ1) is 12.1. The standard InChI is InChI=1S/C15H18N4/c1-10-17-12(9-16)7-15(18-10)19-14-8-13(14)11-5-3-2-4-6-11/h2-7,13-14H,8-9,16H2,1H3,(H,17,18,19)/t13-,14+/m0/s1. The molecule has 0 bridgehead atoms. The summed E-state index contributed by atoms with van der Waals surface area (Å²) in [6, 6.07) is 13.0. The lowest BCUT2D eigenvalue weighted by Crippen LogP contribution is -2.09. The van der Waals surface area contributed by atoms with Gasteiger partial charge in [0, 0.05) is 24.6 Å². The molecule has 2 atom stereocenters. The minimum absolute atomic E-state index is 0.449. The molecule has 0 amide bonds. The van der Waals surface area contributed by atoms with Crippen LogP contribution in [0.4, 0.5) is 5.82 Å². The van der Waals surface area contributed by atoms with Gasteiger partial charge in [0.1, 0.15) is 11.6 Å². The van der Waals surface area contributed by atoms with Gasteiger partial charge in [0.2, 0.25) is 0 Å². The molecule has 0 spiro atoms. The Labute approximate surface area is 113 Å². The Bertz CT molecular complexity index is 568. The van der Waals surface area contributed by atoms with Crippen LogP contribution in [0.3, 0.4) is 0 Å². The first-order valence-corrected chi connectivity index (χ1v) is 6.62. The van der Waals surface area contributed by atoms with Gasteiger partial charge in [-0.2, -0.15) is 0 Å². The maximum Gasteiger partial charge on any atom is 0.130 e. The molecule has 4 nitrogen and oxygen atoms in total. The molecule has 0 unspecified atom stereocenters. The predicted molar refractivity (Wildman–Crippen MR) is 75.9 cm³/mol. The van der Waals surface area contributed by atoms with Crippen molar-refractivity contribution in [3.63, 3.8) is 0 Å². The predicted octanol–water partition coefficient (Wildman–Crippen LogP) is 2.21. The molecule has 1 heterocycles. The molecule has 98 valence electrons. The van der Waals surface area contributed by atoms with E-state index in [2.05, 4.69) is 45.6 Å². The summed E-state index contributed by atoms with van der Waals surface area (Å²) < 4.78 is 0. The van der Waals surface area contributed by atoms with Crippen molar-refractivity contribution in [1.29, 1.82) is 0 Å². The molecule has 2 aromatic rings. The number of aromatic nitrogens is 2. The van der Waals surface area contributed by atoms with E-state index in [1.807, 2.05) is 13.0 Å². The zero-order valence-electron chi connectivity index (χ0n) is 11.0. The van der Waals surface area contributed by atoms with E-state index in [1.54, 1.807) is 0 Å². The molecule has 0 radical (unpaired) electrons. The van der Waals surface area contributed by atoms with Crippen molar-refractivity contribution in [2.24, 2.45) is 5.73 Å². The van der Waals surface area contributed by atoms with E-state index in [0.29, 0.717) is 18.5 Å². The summed E-state index contributed by atoms with van der Waals surface area (Å²) in [5.74, 6) is 2.25. The molecule has 1 fully saturated rings. The van der Waals surface area contributed by atoms with Gasteiger partial charge < -0.3 is 11.1 Å². The van der Waals surface area contributed by atoms with Gasteiger partial charge in [0.15, 0.2) is 0 Å². The largest absolute Gasteiger partial charge is 0.367 e. The fourth-order valence-corrected chi connectivity index (χ4v) is 2.42. The van der Waals surface area contributed by atoms with Crippen molar-refractivity contribution in [2.75, 3.05) is 5.32 Å². The van der Waals surface area contributed by atoms with Crippen LogP contribution in [-0.2, 0) is 6.54 Å². The number of anilines is 1. The molecular weight excluding hydrogens is 236 g/mol. The average molecular weight is 254 g/mol. The lowest BCUT2D eigenvalue weighted by atomic mass is 10.1. The molecule has 4 heteroatoms.